The van der Waals surface area contributed by atoms with E-state index in [0.717, 1.165) is 26.6 Å². The van der Waals surface area contributed by atoms with Crippen LogP contribution in [-0.4, -0.2) is 33.1 Å². The van der Waals surface area contributed by atoms with Gasteiger partial charge in [-0.3, -0.25) is 4.79 Å². The van der Waals surface area contributed by atoms with E-state index in [1.54, 1.807) is 43.5 Å². The SMILES string of the molecule is COc1ccc(C(=O)Nc2ccc(Sc3ccc(O)cc3)c(Nc3ncnc4nc(C(C)C)ccc34)c2)cc1. The van der Waals surface area contributed by atoms with Crippen LogP contribution in [0.4, 0.5) is 17.2 Å². The summed E-state index contributed by atoms with van der Waals surface area (Å²) in [5.74, 6) is 1.53. The van der Waals surface area contributed by atoms with E-state index in [0.29, 0.717) is 28.5 Å². The van der Waals surface area contributed by atoms with Gasteiger partial charge in [0.1, 0.15) is 23.6 Å². The maximum Gasteiger partial charge on any atom is 0.255 e. The molecule has 0 aliphatic rings. The van der Waals surface area contributed by atoms with Gasteiger partial charge in [0.15, 0.2) is 5.65 Å². The van der Waals surface area contributed by atoms with Crippen molar-refractivity contribution in [2.75, 3.05) is 17.7 Å². The van der Waals surface area contributed by atoms with E-state index in [1.807, 2.05) is 42.5 Å². The lowest BCUT2D eigenvalue weighted by atomic mass is 10.1. The molecule has 3 aromatic carbocycles. The number of amides is 1. The van der Waals surface area contributed by atoms with Crippen molar-refractivity contribution in [1.82, 2.24) is 15.0 Å². The lowest BCUT2D eigenvalue weighted by molar-refractivity contribution is 0.102. The van der Waals surface area contributed by atoms with Crippen molar-refractivity contribution in [3.63, 3.8) is 0 Å². The zero-order chi connectivity index (χ0) is 27.4. The van der Waals surface area contributed by atoms with Gasteiger partial charge in [0.05, 0.1) is 18.2 Å². The van der Waals surface area contributed by atoms with E-state index in [4.69, 9.17) is 9.72 Å². The number of pyridine rings is 1. The molecule has 1 amide bonds. The zero-order valence-electron chi connectivity index (χ0n) is 21.7. The van der Waals surface area contributed by atoms with E-state index in [9.17, 15) is 9.90 Å². The summed E-state index contributed by atoms with van der Waals surface area (Å²) >= 11 is 1.52. The van der Waals surface area contributed by atoms with Crippen LogP contribution in [0.2, 0.25) is 0 Å². The maximum absolute atomic E-state index is 12.9. The smallest absolute Gasteiger partial charge is 0.255 e. The number of methoxy groups -OCH3 is 1. The molecule has 0 saturated carbocycles. The Balaban J connectivity index is 1.49. The monoisotopic (exact) mass is 537 g/mol. The summed E-state index contributed by atoms with van der Waals surface area (Å²) in [6, 6.07) is 23.5. The summed E-state index contributed by atoms with van der Waals surface area (Å²) in [5.41, 5.74) is 3.44. The molecule has 39 heavy (non-hydrogen) atoms. The first-order valence-electron chi connectivity index (χ1n) is 12.3. The van der Waals surface area contributed by atoms with Crippen LogP contribution in [0.5, 0.6) is 11.5 Å². The summed E-state index contributed by atoms with van der Waals surface area (Å²) in [4.78, 5) is 28.3. The summed E-state index contributed by atoms with van der Waals surface area (Å²) in [5, 5.41) is 16.9. The molecule has 196 valence electrons. The van der Waals surface area contributed by atoms with Crippen LogP contribution < -0.4 is 15.4 Å². The Morgan fingerprint density at radius 2 is 1.72 bits per heavy atom. The third-order valence-electron chi connectivity index (χ3n) is 6.02. The Kier molecular flexibility index (Phi) is 7.60. The molecule has 0 fully saturated rings. The van der Waals surface area contributed by atoms with Gasteiger partial charge in [-0.2, -0.15) is 0 Å². The summed E-state index contributed by atoms with van der Waals surface area (Å²) < 4.78 is 5.19. The van der Waals surface area contributed by atoms with Gasteiger partial charge >= 0.3 is 0 Å². The summed E-state index contributed by atoms with van der Waals surface area (Å²) in [6.07, 6.45) is 1.49. The van der Waals surface area contributed by atoms with E-state index < -0.39 is 0 Å². The molecule has 2 aromatic heterocycles. The largest absolute Gasteiger partial charge is 0.508 e. The van der Waals surface area contributed by atoms with Crippen LogP contribution in [0.3, 0.4) is 0 Å². The number of benzene rings is 3. The quantitative estimate of drug-likeness (QED) is 0.194. The fourth-order valence-corrected chi connectivity index (χ4v) is 4.77. The molecule has 8 nitrogen and oxygen atoms in total. The predicted octanol–water partition coefficient (Wildman–Crippen LogP) is 7.01. The van der Waals surface area contributed by atoms with E-state index in [2.05, 4.69) is 34.4 Å². The number of nitrogens with zero attached hydrogens (tertiary/aromatic N) is 3. The van der Waals surface area contributed by atoms with Crippen LogP contribution in [0, 0.1) is 0 Å². The van der Waals surface area contributed by atoms with Gasteiger partial charge in [0, 0.05) is 26.7 Å². The minimum atomic E-state index is -0.236. The molecule has 0 unspecified atom stereocenters. The number of anilines is 3. The van der Waals surface area contributed by atoms with Crippen molar-refractivity contribution in [1.29, 1.82) is 0 Å². The van der Waals surface area contributed by atoms with Crippen LogP contribution >= 0.6 is 11.8 Å². The number of aromatic nitrogens is 3. The lowest BCUT2D eigenvalue weighted by Crippen LogP contribution is -2.12. The van der Waals surface area contributed by atoms with Gasteiger partial charge in [-0.25, -0.2) is 15.0 Å². The van der Waals surface area contributed by atoms with Crippen LogP contribution in [-0.2, 0) is 0 Å². The highest BCUT2D eigenvalue weighted by atomic mass is 32.2. The molecule has 0 atom stereocenters. The van der Waals surface area contributed by atoms with Crippen molar-refractivity contribution in [3.05, 3.63) is 96.4 Å². The highest BCUT2D eigenvalue weighted by Gasteiger charge is 2.14. The average molecular weight is 538 g/mol. The molecule has 2 heterocycles. The van der Waals surface area contributed by atoms with Crippen molar-refractivity contribution >= 4 is 45.9 Å². The Morgan fingerprint density at radius 1 is 0.949 bits per heavy atom. The third-order valence-corrected chi connectivity index (χ3v) is 7.10. The molecule has 9 heteroatoms. The minimum Gasteiger partial charge on any atom is -0.508 e. The number of aromatic hydroxyl groups is 1. The molecule has 0 bridgehead atoms. The molecule has 0 radical (unpaired) electrons. The van der Waals surface area contributed by atoms with Crippen molar-refractivity contribution < 1.29 is 14.6 Å². The van der Waals surface area contributed by atoms with Gasteiger partial charge in [-0.05, 0) is 84.8 Å². The van der Waals surface area contributed by atoms with E-state index >= 15 is 0 Å². The van der Waals surface area contributed by atoms with Crippen molar-refractivity contribution in [2.24, 2.45) is 0 Å². The fraction of sp³-hybridized carbons (Fsp3) is 0.133. The Labute approximate surface area is 230 Å². The highest BCUT2D eigenvalue weighted by Crippen LogP contribution is 2.38. The molecular weight excluding hydrogens is 510 g/mol. The molecule has 0 aliphatic carbocycles. The number of hydrogen-bond acceptors (Lipinski definition) is 8. The lowest BCUT2D eigenvalue weighted by Gasteiger charge is -2.15. The maximum atomic E-state index is 12.9. The number of hydrogen-bond donors (Lipinski definition) is 3. The van der Waals surface area contributed by atoms with Gasteiger partial charge in [0.25, 0.3) is 5.91 Å². The van der Waals surface area contributed by atoms with Crippen LogP contribution in [0.1, 0.15) is 35.8 Å². The normalized spacial score (nSPS) is 11.0. The molecular formula is C30H27N5O3S. The third kappa shape index (κ3) is 6.10. The van der Waals surface area contributed by atoms with Gasteiger partial charge in [-0.15, -0.1) is 0 Å². The van der Waals surface area contributed by atoms with Gasteiger partial charge in [0.2, 0.25) is 0 Å². The highest BCUT2D eigenvalue weighted by molar-refractivity contribution is 7.99. The summed E-state index contributed by atoms with van der Waals surface area (Å²) in [6.45, 7) is 4.18. The van der Waals surface area contributed by atoms with Crippen molar-refractivity contribution in [3.8, 4) is 11.5 Å². The molecule has 0 spiro atoms. The van der Waals surface area contributed by atoms with Crippen LogP contribution in [0.15, 0.2) is 95.0 Å². The first-order chi connectivity index (χ1) is 18.9. The first-order valence-corrected chi connectivity index (χ1v) is 13.2. The van der Waals surface area contributed by atoms with Crippen LogP contribution in [0.25, 0.3) is 11.0 Å². The Bertz CT molecular complexity index is 1620. The van der Waals surface area contributed by atoms with Gasteiger partial charge in [-0.1, -0.05) is 25.6 Å². The Morgan fingerprint density at radius 3 is 2.44 bits per heavy atom. The standard InChI is InChI=1S/C30H27N5O3S/c1-18(2)25-14-13-24-28(34-25)31-17-32-29(24)35-26-16-20(33-30(37)19-4-9-22(38-3)10-5-19)6-15-27(26)39-23-11-7-21(36)8-12-23/h4-18,36H,1-3H3,(H,33,37)(H,31,32,34,35). The Hall–Kier alpha value is -4.63. The van der Waals surface area contributed by atoms with E-state index in [-0.39, 0.29) is 17.6 Å². The molecule has 3 N–H and O–H groups in total. The molecule has 5 rings (SSSR count). The topological polar surface area (TPSA) is 109 Å². The van der Waals surface area contributed by atoms with Crippen molar-refractivity contribution in [2.45, 2.75) is 29.6 Å². The number of carbonyl (C=O) groups excluding carboxylic acids is 1. The first kappa shape index (κ1) is 26.0. The number of phenols is 1. The second-order valence-electron chi connectivity index (χ2n) is 9.10. The second-order valence-corrected chi connectivity index (χ2v) is 10.2. The number of rotatable bonds is 8. The average Bonchev–Trinajstić information content (AvgIpc) is 2.95. The number of carbonyl (C=O) groups is 1. The fourth-order valence-electron chi connectivity index (χ4n) is 3.89. The number of nitrogens with one attached hydrogen (secondary N) is 2. The number of fused-ring (bicyclic) bond motifs is 1. The van der Waals surface area contributed by atoms with E-state index in [1.165, 1.54) is 18.1 Å². The minimum absolute atomic E-state index is 0.204. The summed E-state index contributed by atoms with van der Waals surface area (Å²) in [7, 11) is 1.58. The van der Waals surface area contributed by atoms with Gasteiger partial charge < -0.3 is 20.5 Å². The molecule has 0 saturated heterocycles. The number of phenolic OH excluding ortho intramolecular Hbond substituents is 1. The number of ether oxygens (including phenoxy) is 1. The predicted molar refractivity (Wildman–Crippen MR) is 154 cm³/mol. The molecule has 0 aliphatic heterocycles. The second kappa shape index (κ2) is 11.4. The molecule has 5 aromatic rings. The zero-order valence-corrected chi connectivity index (χ0v) is 22.5.